The Morgan fingerprint density at radius 1 is 1.45 bits per heavy atom. The monoisotopic (exact) mass is 276 g/mol. The molecule has 2 heterocycles. The van der Waals surface area contributed by atoms with E-state index < -0.39 is 0 Å². The summed E-state index contributed by atoms with van der Waals surface area (Å²) in [5.41, 5.74) is 9.63. The number of rotatable bonds is 4. The summed E-state index contributed by atoms with van der Waals surface area (Å²) < 4.78 is 11.4. The van der Waals surface area contributed by atoms with Gasteiger partial charge in [-0.05, 0) is 39.0 Å². The zero-order valence-electron chi connectivity index (χ0n) is 12.6. The highest BCUT2D eigenvalue weighted by atomic mass is 16.5. The fraction of sp³-hybridized carbons (Fsp3) is 0.688. The zero-order valence-corrected chi connectivity index (χ0v) is 12.6. The first kappa shape index (κ1) is 13.8. The lowest BCUT2D eigenvalue weighted by Crippen LogP contribution is -2.50. The molecule has 1 saturated carbocycles. The van der Waals surface area contributed by atoms with Gasteiger partial charge in [0.15, 0.2) is 0 Å². The van der Waals surface area contributed by atoms with Gasteiger partial charge in [-0.1, -0.05) is 0 Å². The van der Waals surface area contributed by atoms with E-state index in [9.17, 15) is 0 Å². The summed E-state index contributed by atoms with van der Waals surface area (Å²) in [7, 11) is 1.71. The second kappa shape index (κ2) is 5.01. The number of hydrogen-bond donors (Lipinski definition) is 1. The average Bonchev–Trinajstić information content (AvgIpc) is 3.18. The topological polar surface area (TPSA) is 57.4 Å². The highest BCUT2D eigenvalue weighted by molar-refractivity contribution is 5.41. The minimum atomic E-state index is -0.265. The van der Waals surface area contributed by atoms with Gasteiger partial charge < -0.3 is 15.2 Å². The van der Waals surface area contributed by atoms with Crippen LogP contribution in [0.1, 0.15) is 36.1 Å². The van der Waals surface area contributed by atoms with Gasteiger partial charge in [-0.2, -0.15) is 0 Å². The van der Waals surface area contributed by atoms with Crippen LogP contribution in [0.4, 0.5) is 0 Å². The van der Waals surface area contributed by atoms with Crippen LogP contribution >= 0.6 is 0 Å². The molecular formula is C16H24N2O2. The molecule has 1 saturated heterocycles. The van der Waals surface area contributed by atoms with Gasteiger partial charge in [0.1, 0.15) is 5.75 Å². The number of ether oxygens (including phenoxy) is 2. The zero-order chi connectivity index (χ0) is 14.3. The first-order valence-electron chi connectivity index (χ1n) is 7.45. The number of hydrogen-bond acceptors (Lipinski definition) is 4. The van der Waals surface area contributed by atoms with Gasteiger partial charge in [0.05, 0.1) is 18.8 Å². The number of nitrogens with two attached hydrogens (primary N) is 1. The molecule has 1 aliphatic heterocycles. The Hall–Kier alpha value is -1.13. The van der Waals surface area contributed by atoms with Crippen LogP contribution in [-0.2, 0) is 11.2 Å². The molecule has 1 aliphatic carbocycles. The molecule has 2 fully saturated rings. The molecule has 20 heavy (non-hydrogen) atoms. The van der Waals surface area contributed by atoms with Crippen molar-refractivity contribution in [3.05, 3.63) is 23.0 Å². The molecule has 2 unspecified atom stereocenters. The third-order valence-corrected chi connectivity index (χ3v) is 4.73. The minimum absolute atomic E-state index is 0.205. The van der Waals surface area contributed by atoms with Crippen molar-refractivity contribution in [2.75, 3.05) is 13.7 Å². The van der Waals surface area contributed by atoms with Crippen LogP contribution in [0.25, 0.3) is 0 Å². The first-order chi connectivity index (χ1) is 9.55. The van der Waals surface area contributed by atoms with Gasteiger partial charge in [0, 0.05) is 36.0 Å². The summed E-state index contributed by atoms with van der Waals surface area (Å²) in [5, 5.41) is 0. The maximum atomic E-state index is 6.67. The summed E-state index contributed by atoms with van der Waals surface area (Å²) in [6.45, 7) is 4.87. The van der Waals surface area contributed by atoms with Crippen molar-refractivity contribution in [3.8, 4) is 5.75 Å². The van der Waals surface area contributed by atoms with Crippen molar-refractivity contribution < 1.29 is 9.47 Å². The van der Waals surface area contributed by atoms with Crippen LogP contribution in [0, 0.1) is 19.8 Å². The van der Waals surface area contributed by atoms with Crippen LogP contribution in [0.15, 0.2) is 6.20 Å². The molecule has 4 heteroatoms. The van der Waals surface area contributed by atoms with Crippen molar-refractivity contribution >= 4 is 0 Å². The normalized spacial score (nSPS) is 29.7. The smallest absolute Gasteiger partial charge is 0.128 e. The molecule has 0 amide bonds. The van der Waals surface area contributed by atoms with E-state index in [-0.39, 0.29) is 11.6 Å². The molecule has 2 N–H and O–H groups in total. The van der Waals surface area contributed by atoms with Crippen LogP contribution in [0.3, 0.4) is 0 Å². The molecule has 110 valence electrons. The molecule has 3 rings (SSSR count). The van der Waals surface area contributed by atoms with Crippen LogP contribution in [0.2, 0.25) is 0 Å². The Bertz CT molecular complexity index is 513. The standard InChI is InChI=1S/C16H24N2O2/c1-10-9-18-13(11(2)14(10)19-3)8-16(17)6-7-20-15(16)12-4-5-12/h9,12,15H,4-8,17H2,1-3H3. The molecule has 1 aromatic rings. The fourth-order valence-electron chi connectivity index (χ4n) is 3.44. The van der Waals surface area contributed by atoms with E-state index in [1.165, 1.54) is 12.8 Å². The molecule has 0 bridgehead atoms. The van der Waals surface area contributed by atoms with Gasteiger partial charge in [0.25, 0.3) is 0 Å². The predicted molar refractivity (Wildman–Crippen MR) is 78.0 cm³/mol. The maximum Gasteiger partial charge on any atom is 0.128 e. The largest absolute Gasteiger partial charge is 0.496 e. The van der Waals surface area contributed by atoms with Gasteiger partial charge in [-0.3, -0.25) is 4.98 Å². The Morgan fingerprint density at radius 3 is 2.85 bits per heavy atom. The van der Waals surface area contributed by atoms with Crippen LogP contribution < -0.4 is 10.5 Å². The minimum Gasteiger partial charge on any atom is -0.496 e. The summed E-state index contributed by atoms with van der Waals surface area (Å²) >= 11 is 0. The summed E-state index contributed by atoms with van der Waals surface area (Å²) in [4.78, 5) is 4.59. The summed E-state index contributed by atoms with van der Waals surface area (Å²) in [6.07, 6.45) is 6.30. The second-order valence-corrected chi connectivity index (χ2v) is 6.33. The van der Waals surface area contributed by atoms with Crippen molar-refractivity contribution in [1.82, 2.24) is 4.98 Å². The Balaban J connectivity index is 1.87. The van der Waals surface area contributed by atoms with E-state index in [0.717, 1.165) is 42.0 Å². The SMILES string of the molecule is COc1c(C)cnc(CC2(N)CCOC2C2CC2)c1C. The molecule has 2 atom stereocenters. The van der Waals surface area contributed by atoms with E-state index in [4.69, 9.17) is 15.2 Å². The van der Waals surface area contributed by atoms with Crippen molar-refractivity contribution in [2.24, 2.45) is 11.7 Å². The predicted octanol–water partition coefficient (Wildman–Crippen LogP) is 2.15. The molecule has 0 spiro atoms. The van der Waals surface area contributed by atoms with Gasteiger partial charge >= 0.3 is 0 Å². The van der Waals surface area contributed by atoms with Crippen molar-refractivity contribution in [1.29, 1.82) is 0 Å². The highest BCUT2D eigenvalue weighted by Crippen LogP contribution is 2.43. The number of methoxy groups -OCH3 is 1. The lowest BCUT2D eigenvalue weighted by molar-refractivity contribution is 0.0623. The molecule has 0 aromatic carbocycles. The molecular weight excluding hydrogens is 252 g/mol. The fourth-order valence-corrected chi connectivity index (χ4v) is 3.44. The van der Waals surface area contributed by atoms with Crippen LogP contribution in [0.5, 0.6) is 5.75 Å². The number of pyridine rings is 1. The first-order valence-corrected chi connectivity index (χ1v) is 7.45. The Kier molecular flexibility index (Phi) is 3.46. The van der Waals surface area contributed by atoms with Crippen molar-refractivity contribution in [3.63, 3.8) is 0 Å². The lowest BCUT2D eigenvalue weighted by Gasteiger charge is -2.30. The lowest BCUT2D eigenvalue weighted by atomic mass is 9.84. The summed E-state index contributed by atoms with van der Waals surface area (Å²) in [5.74, 6) is 1.59. The van der Waals surface area contributed by atoms with Crippen molar-refractivity contribution in [2.45, 2.75) is 51.2 Å². The maximum absolute atomic E-state index is 6.67. The third-order valence-electron chi connectivity index (χ3n) is 4.73. The van der Waals surface area contributed by atoms with E-state index in [0.29, 0.717) is 5.92 Å². The van der Waals surface area contributed by atoms with E-state index in [2.05, 4.69) is 11.9 Å². The van der Waals surface area contributed by atoms with Gasteiger partial charge in [-0.25, -0.2) is 0 Å². The second-order valence-electron chi connectivity index (χ2n) is 6.33. The van der Waals surface area contributed by atoms with E-state index >= 15 is 0 Å². The highest BCUT2D eigenvalue weighted by Gasteiger charge is 2.49. The number of aromatic nitrogens is 1. The number of aryl methyl sites for hydroxylation is 1. The average molecular weight is 276 g/mol. The van der Waals surface area contributed by atoms with E-state index in [1.54, 1.807) is 7.11 Å². The third kappa shape index (κ3) is 2.31. The molecule has 2 aliphatic rings. The Morgan fingerprint density at radius 2 is 2.20 bits per heavy atom. The van der Waals surface area contributed by atoms with E-state index in [1.807, 2.05) is 13.1 Å². The number of nitrogens with zero attached hydrogens (tertiary/aromatic N) is 1. The quantitative estimate of drug-likeness (QED) is 0.915. The molecule has 4 nitrogen and oxygen atoms in total. The Labute approximate surface area is 120 Å². The van der Waals surface area contributed by atoms with Gasteiger partial charge in [0.2, 0.25) is 0 Å². The van der Waals surface area contributed by atoms with Crippen LogP contribution in [-0.4, -0.2) is 30.3 Å². The molecule has 1 aromatic heterocycles. The summed E-state index contributed by atoms with van der Waals surface area (Å²) in [6, 6.07) is 0. The molecule has 0 radical (unpaired) electrons. The van der Waals surface area contributed by atoms with Gasteiger partial charge in [-0.15, -0.1) is 0 Å².